The largest absolute Gasteiger partial charge is 0.445 e. The Morgan fingerprint density at radius 1 is 1.37 bits per heavy atom. The van der Waals surface area contributed by atoms with Crippen molar-refractivity contribution in [2.75, 3.05) is 0 Å². The average Bonchev–Trinajstić information content (AvgIpc) is 2.85. The Morgan fingerprint density at radius 2 is 2.16 bits per heavy atom. The third kappa shape index (κ3) is 3.65. The first-order chi connectivity index (χ1) is 8.99. The van der Waals surface area contributed by atoms with Gasteiger partial charge in [0.25, 0.3) is 0 Å². The predicted octanol–water partition coefficient (Wildman–Crippen LogP) is 3.12. The summed E-state index contributed by atoms with van der Waals surface area (Å²) in [6.07, 6.45) is -2.98. The number of pyridine rings is 1. The van der Waals surface area contributed by atoms with Gasteiger partial charge in [-0.1, -0.05) is 23.1 Å². The van der Waals surface area contributed by atoms with E-state index in [1.165, 1.54) is 6.20 Å². The monoisotopic (exact) mass is 302 g/mol. The normalized spacial score (nSPS) is 11.3. The van der Waals surface area contributed by atoms with Gasteiger partial charge in [0.15, 0.2) is 4.34 Å². The highest BCUT2D eigenvalue weighted by atomic mass is 32.2. The first kappa shape index (κ1) is 13.8. The quantitative estimate of drug-likeness (QED) is 0.815. The van der Waals surface area contributed by atoms with Crippen LogP contribution in [-0.4, -0.2) is 15.2 Å². The summed E-state index contributed by atoms with van der Waals surface area (Å²) in [5.41, 5.74) is 1.06. The highest BCUT2D eigenvalue weighted by Gasteiger charge is 2.35. The summed E-state index contributed by atoms with van der Waals surface area (Å²) < 4.78 is 37.2. The van der Waals surface area contributed by atoms with Crippen LogP contribution < -0.4 is 0 Å². The summed E-state index contributed by atoms with van der Waals surface area (Å²) in [6.45, 7) is 0. The molecular weight excluding hydrogens is 297 g/mol. The van der Waals surface area contributed by atoms with Crippen LogP contribution in [0.5, 0.6) is 0 Å². The van der Waals surface area contributed by atoms with Gasteiger partial charge in [-0.3, -0.25) is 0 Å². The number of hydrogen-bond acceptors (Lipinski definition) is 6. The summed E-state index contributed by atoms with van der Waals surface area (Å²) in [7, 11) is 0. The molecule has 0 aliphatic heterocycles. The molecule has 2 rings (SSSR count). The van der Waals surface area contributed by atoms with Crippen LogP contribution in [-0.2, 0) is 11.9 Å². The molecule has 2 aromatic rings. The molecule has 0 fully saturated rings. The Hall–Kier alpha value is -1.66. The molecule has 0 aliphatic rings. The van der Waals surface area contributed by atoms with Crippen molar-refractivity contribution in [3.05, 3.63) is 34.6 Å². The SMILES string of the molecule is N#Cc1cc(CSc2nnc(C(F)(F)F)s2)ccn1. The van der Waals surface area contributed by atoms with Gasteiger partial charge in [-0.05, 0) is 17.7 Å². The summed E-state index contributed by atoms with van der Waals surface area (Å²) >= 11 is 1.64. The van der Waals surface area contributed by atoms with Crippen LogP contribution in [0.3, 0.4) is 0 Å². The lowest BCUT2D eigenvalue weighted by Gasteiger charge is -1.99. The van der Waals surface area contributed by atoms with E-state index in [9.17, 15) is 13.2 Å². The maximum Gasteiger partial charge on any atom is 0.445 e. The number of hydrogen-bond donors (Lipinski definition) is 0. The second-order valence-corrected chi connectivity index (χ2v) is 5.52. The van der Waals surface area contributed by atoms with Crippen LogP contribution >= 0.6 is 23.1 Å². The molecular formula is C10H5F3N4S2. The molecule has 2 heterocycles. The van der Waals surface area contributed by atoms with Crippen LogP contribution in [0, 0.1) is 11.3 Å². The fraction of sp³-hybridized carbons (Fsp3) is 0.200. The molecule has 9 heteroatoms. The molecule has 0 aliphatic carbocycles. The number of nitrogens with zero attached hydrogens (tertiary/aromatic N) is 4. The number of aromatic nitrogens is 3. The fourth-order valence-electron chi connectivity index (χ4n) is 1.15. The highest BCUT2D eigenvalue weighted by Crippen LogP contribution is 2.35. The van der Waals surface area contributed by atoms with Gasteiger partial charge in [-0.2, -0.15) is 18.4 Å². The lowest BCUT2D eigenvalue weighted by atomic mass is 10.2. The molecule has 2 aromatic heterocycles. The smallest absolute Gasteiger partial charge is 0.246 e. The molecule has 0 saturated heterocycles. The molecule has 0 spiro atoms. The summed E-state index contributed by atoms with van der Waals surface area (Å²) in [6, 6.07) is 5.17. The highest BCUT2D eigenvalue weighted by molar-refractivity contribution is 8.00. The van der Waals surface area contributed by atoms with Gasteiger partial charge < -0.3 is 0 Å². The molecule has 0 aromatic carbocycles. The van der Waals surface area contributed by atoms with Gasteiger partial charge in [0.1, 0.15) is 11.8 Å². The first-order valence-electron chi connectivity index (χ1n) is 4.87. The van der Waals surface area contributed by atoms with Crippen LogP contribution in [0.1, 0.15) is 16.3 Å². The zero-order chi connectivity index (χ0) is 13.9. The Morgan fingerprint density at radius 3 is 2.79 bits per heavy atom. The molecule has 0 bridgehead atoms. The average molecular weight is 302 g/mol. The van der Waals surface area contributed by atoms with E-state index in [-0.39, 0.29) is 10.0 Å². The lowest BCUT2D eigenvalue weighted by molar-refractivity contribution is -0.138. The summed E-state index contributed by atoms with van der Waals surface area (Å²) in [5, 5.41) is 14.3. The molecule has 0 unspecified atom stereocenters. The first-order valence-corrected chi connectivity index (χ1v) is 6.68. The summed E-state index contributed by atoms with van der Waals surface area (Å²) in [4.78, 5) is 3.80. The lowest BCUT2D eigenvalue weighted by Crippen LogP contribution is -2.03. The third-order valence-electron chi connectivity index (χ3n) is 1.95. The molecule has 0 atom stereocenters. The molecule has 4 nitrogen and oxygen atoms in total. The van der Waals surface area contributed by atoms with Crippen molar-refractivity contribution in [2.45, 2.75) is 16.3 Å². The standard InChI is InChI=1S/C10H5F3N4S2/c11-10(12,13)8-16-17-9(19-8)18-5-6-1-2-15-7(3-6)4-14/h1-3H,5H2. The molecule has 0 radical (unpaired) electrons. The van der Waals surface area contributed by atoms with Gasteiger partial charge >= 0.3 is 6.18 Å². The predicted molar refractivity (Wildman–Crippen MR) is 63.4 cm³/mol. The summed E-state index contributed by atoms with van der Waals surface area (Å²) in [5.74, 6) is 0.406. The Bertz CT molecular complexity index is 618. The van der Waals surface area contributed by atoms with Crippen molar-refractivity contribution >= 4 is 23.1 Å². The minimum Gasteiger partial charge on any atom is -0.246 e. The van der Waals surface area contributed by atoms with Crippen molar-refractivity contribution in [1.82, 2.24) is 15.2 Å². The van der Waals surface area contributed by atoms with E-state index in [0.717, 1.165) is 17.3 Å². The second kappa shape index (κ2) is 5.54. The number of rotatable bonds is 3. The van der Waals surface area contributed by atoms with Crippen LogP contribution in [0.25, 0.3) is 0 Å². The zero-order valence-electron chi connectivity index (χ0n) is 9.18. The van der Waals surface area contributed by atoms with E-state index in [2.05, 4.69) is 15.2 Å². The van der Waals surface area contributed by atoms with Gasteiger partial charge in [-0.25, -0.2) is 4.98 Å². The molecule has 0 N–H and O–H groups in total. The van der Waals surface area contributed by atoms with Crippen LogP contribution in [0.2, 0.25) is 0 Å². The van der Waals surface area contributed by atoms with Crippen molar-refractivity contribution in [1.29, 1.82) is 5.26 Å². The van der Waals surface area contributed by atoms with Gasteiger partial charge in [-0.15, -0.1) is 10.2 Å². The van der Waals surface area contributed by atoms with E-state index < -0.39 is 11.2 Å². The Labute approximate surface area is 114 Å². The van der Waals surface area contributed by atoms with E-state index in [1.54, 1.807) is 12.1 Å². The molecule has 0 amide bonds. The van der Waals surface area contributed by atoms with E-state index in [1.807, 2.05) is 6.07 Å². The Balaban J connectivity index is 2.03. The van der Waals surface area contributed by atoms with Gasteiger partial charge in [0.05, 0.1) is 0 Å². The topological polar surface area (TPSA) is 62.5 Å². The number of nitriles is 1. The third-order valence-corrected chi connectivity index (χ3v) is 4.12. The molecule has 98 valence electrons. The van der Waals surface area contributed by atoms with E-state index in [0.29, 0.717) is 17.1 Å². The minimum absolute atomic E-state index is 0.239. The van der Waals surface area contributed by atoms with E-state index in [4.69, 9.17) is 5.26 Å². The number of thioether (sulfide) groups is 1. The second-order valence-electron chi connectivity index (χ2n) is 3.32. The molecule has 19 heavy (non-hydrogen) atoms. The zero-order valence-corrected chi connectivity index (χ0v) is 10.8. The molecule has 0 saturated carbocycles. The van der Waals surface area contributed by atoms with Crippen LogP contribution in [0.4, 0.5) is 13.2 Å². The minimum atomic E-state index is -4.46. The van der Waals surface area contributed by atoms with Gasteiger partial charge in [0, 0.05) is 11.9 Å². The van der Waals surface area contributed by atoms with Gasteiger partial charge in [0.2, 0.25) is 5.01 Å². The van der Waals surface area contributed by atoms with Crippen LogP contribution in [0.15, 0.2) is 22.7 Å². The van der Waals surface area contributed by atoms with Crippen molar-refractivity contribution < 1.29 is 13.2 Å². The van der Waals surface area contributed by atoms with Crippen molar-refractivity contribution in [2.24, 2.45) is 0 Å². The number of halogens is 3. The maximum atomic E-state index is 12.3. The van der Waals surface area contributed by atoms with E-state index >= 15 is 0 Å². The van der Waals surface area contributed by atoms with Crippen molar-refractivity contribution in [3.63, 3.8) is 0 Å². The Kier molecular flexibility index (Phi) is 4.01. The number of alkyl halides is 3. The van der Waals surface area contributed by atoms with Crippen molar-refractivity contribution in [3.8, 4) is 6.07 Å². The maximum absolute atomic E-state index is 12.3. The fourth-order valence-corrected chi connectivity index (χ4v) is 2.81.